The van der Waals surface area contributed by atoms with Gasteiger partial charge in [-0.2, -0.15) is 0 Å². The number of thiophene rings is 1. The summed E-state index contributed by atoms with van der Waals surface area (Å²) in [6.45, 7) is 2.74. The highest BCUT2D eigenvalue weighted by Crippen LogP contribution is 2.21. The Bertz CT molecular complexity index is 564. The van der Waals surface area contributed by atoms with Crippen molar-refractivity contribution in [2.75, 3.05) is 7.11 Å². The van der Waals surface area contributed by atoms with Gasteiger partial charge in [-0.1, -0.05) is 0 Å². The maximum absolute atomic E-state index is 11.3. The summed E-state index contributed by atoms with van der Waals surface area (Å²) >= 11 is 5.11. The Kier molecular flexibility index (Phi) is 4.79. The number of hydrogen-bond donors (Lipinski definition) is 1. The number of carbonyl (C=O) groups is 1. The number of rotatable bonds is 5. The molecular weight excluding hydrogens is 330 g/mol. The highest BCUT2D eigenvalue weighted by molar-refractivity contribution is 9.10. The zero-order valence-electron chi connectivity index (χ0n) is 10.6. The monoisotopic (exact) mass is 343 g/mol. The van der Waals surface area contributed by atoms with E-state index in [1.165, 1.54) is 12.0 Å². The summed E-state index contributed by atoms with van der Waals surface area (Å²) in [5.41, 5.74) is 0. The molecule has 0 bridgehead atoms. The van der Waals surface area contributed by atoms with Gasteiger partial charge in [0.25, 0.3) is 0 Å². The Hall–Kier alpha value is -1.11. The second-order valence-electron chi connectivity index (χ2n) is 4.03. The fourth-order valence-corrected chi connectivity index (χ4v) is 3.00. The van der Waals surface area contributed by atoms with Crippen LogP contribution in [0.1, 0.15) is 34.2 Å². The van der Waals surface area contributed by atoms with Crippen molar-refractivity contribution in [3.63, 3.8) is 0 Å². The number of esters is 1. The first kappa shape index (κ1) is 14.3. The molecule has 0 aliphatic heterocycles. The van der Waals surface area contributed by atoms with Crippen LogP contribution < -0.4 is 5.32 Å². The van der Waals surface area contributed by atoms with Crippen LogP contribution in [0.2, 0.25) is 0 Å². The number of halogens is 1. The normalized spacial score (nSPS) is 12.4. The molecule has 6 heteroatoms. The first-order valence-electron chi connectivity index (χ1n) is 5.74. The molecule has 0 radical (unpaired) electrons. The molecule has 2 heterocycles. The van der Waals surface area contributed by atoms with Crippen LogP contribution in [0.15, 0.2) is 32.5 Å². The quantitative estimate of drug-likeness (QED) is 0.840. The summed E-state index contributed by atoms with van der Waals surface area (Å²) in [5, 5.41) is 5.39. The van der Waals surface area contributed by atoms with E-state index in [9.17, 15) is 4.79 Å². The third-order valence-corrected chi connectivity index (χ3v) is 4.34. The van der Waals surface area contributed by atoms with Gasteiger partial charge in [0.05, 0.1) is 13.2 Å². The third-order valence-electron chi connectivity index (χ3n) is 2.64. The molecule has 1 atom stereocenters. The molecule has 0 amide bonds. The number of methoxy groups -OCH3 is 1. The van der Waals surface area contributed by atoms with E-state index in [-0.39, 0.29) is 11.8 Å². The summed E-state index contributed by atoms with van der Waals surface area (Å²) in [4.78, 5) is 12.5. The van der Waals surface area contributed by atoms with Crippen LogP contribution in [0.4, 0.5) is 0 Å². The van der Waals surface area contributed by atoms with Crippen LogP contribution in [0.25, 0.3) is 0 Å². The minimum Gasteiger partial charge on any atom is -0.463 e. The molecule has 2 rings (SSSR count). The van der Waals surface area contributed by atoms with E-state index >= 15 is 0 Å². The van der Waals surface area contributed by atoms with Gasteiger partial charge >= 0.3 is 5.97 Å². The smallest absolute Gasteiger partial charge is 0.373 e. The van der Waals surface area contributed by atoms with Crippen molar-refractivity contribution in [1.82, 2.24) is 5.32 Å². The molecule has 1 unspecified atom stereocenters. The summed E-state index contributed by atoms with van der Waals surface area (Å²) < 4.78 is 11.1. The molecule has 102 valence electrons. The van der Waals surface area contributed by atoms with Crippen molar-refractivity contribution in [3.05, 3.63) is 44.4 Å². The van der Waals surface area contributed by atoms with Crippen molar-refractivity contribution in [2.45, 2.75) is 19.5 Å². The van der Waals surface area contributed by atoms with Crippen LogP contribution in [0, 0.1) is 0 Å². The van der Waals surface area contributed by atoms with Crippen molar-refractivity contribution >= 4 is 33.2 Å². The molecule has 0 saturated carbocycles. The molecule has 1 N–H and O–H groups in total. The largest absolute Gasteiger partial charge is 0.463 e. The number of ether oxygens (including phenoxy) is 1. The van der Waals surface area contributed by atoms with Gasteiger partial charge in [-0.3, -0.25) is 0 Å². The minimum atomic E-state index is -0.458. The van der Waals surface area contributed by atoms with Gasteiger partial charge in [0.1, 0.15) is 5.76 Å². The highest BCUT2D eigenvalue weighted by Gasteiger charge is 2.15. The van der Waals surface area contributed by atoms with Crippen LogP contribution >= 0.6 is 27.3 Å². The SMILES string of the molecule is COC(=O)c1ccc(C(C)NCc2cc(Br)cs2)o1. The Balaban J connectivity index is 1.94. The van der Waals surface area contributed by atoms with Crippen LogP contribution in [-0.4, -0.2) is 13.1 Å². The highest BCUT2D eigenvalue weighted by atomic mass is 79.9. The third kappa shape index (κ3) is 3.68. The first-order valence-corrected chi connectivity index (χ1v) is 7.41. The summed E-state index contributed by atoms with van der Waals surface area (Å²) in [7, 11) is 1.33. The predicted octanol–water partition coefficient (Wildman–Crippen LogP) is 3.74. The van der Waals surface area contributed by atoms with E-state index in [1.54, 1.807) is 23.5 Å². The van der Waals surface area contributed by atoms with Gasteiger partial charge in [-0.25, -0.2) is 4.79 Å². The number of nitrogens with one attached hydrogen (secondary N) is 1. The first-order chi connectivity index (χ1) is 9.10. The van der Waals surface area contributed by atoms with Gasteiger partial charge in [0.2, 0.25) is 5.76 Å². The molecule has 2 aromatic heterocycles. The van der Waals surface area contributed by atoms with Gasteiger partial charge in [-0.05, 0) is 41.1 Å². The molecule has 0 aromatic carbocycles. The molecule has 2 aromatic rings. The van der Waals surface area contributed by atoms with E-state index in [2.05, 4.69) is 32.0 Å². The molecule has 19 heavy (non-hydrogen) atoms. The number of hydrogen-bond acceptors (Lipinski definition) is 5. The van der Waals surface area contributed by atoms with E-state index in [4.69, 9.17) is 4.42 Å². The maximum Gasteiger partial charge on any atom is 0.373 e. The Labute approximate surface area is 123 Å². The molecule has 0 aliphatic rings. The second-order valence-corrected chi connectivity index (χ2v) is 5.94. The number of furan rings is 1. The Morgan fingerprint density at radius 3 is 3.00 bits per heavy atom. The molecule has 0 spiro atoms. The summed E-state index contributed by atoms with van der Waals surface area (Å²) in [6.07, 6.45) is 0. The van der Waals surface area contributed by atoms with Crippen LogP contribution in [0.5, 0.6) is 0 Å². The lowest BCUT2D eigenvalue weighted by Gasteiger charge is -2.10. The molecule has 0 saturated heterocycles. The van der Waals surface area contributed by atoms with E-state index in [1.807, 2.05) is 12.3 Å². The summed E-state index contributed by atoms with van der Waals surface area (Å²) in [5.74, 6) is 0.488. The maximum atomic E-state index is 11.3. The van der Waals surface area contributed by atoms with Crippen molar-refractivity contribution < 1.29 is 13.9 Å². The number of carbonyl (C=O) groups excluding carboxylic acids is 1. The van der Waals surface area contributed by atoms with Crippen molar-refractivity contribution in [1.29, 1.82) is 0 Å². The standard InChI is InChI=1S/C13H14BrNO3S/c1-8(15-6-10-5-9(14)7-19-10)11-3-4-12(18-11)13(16)17-2/h3-5,7-8,15H,6H2,1-2H3. The van der Waals surface area contributed by atoms with Crippen molar-refractivity contribution in [3.8, 4) is 0 Å². The molecule has 0 aliphatic carbocycles. The van der Waals surface area contributed by atoms with E-state index in [0.717, 1.165) is 16.8 Å². The Morgan fingerprint density at radius 2 is 2.37 bits per heavy atom. The van der Waals surface area contributed by atoms with Gasteiger partial charge in [-0.15, -0.1) is 11.3 Å². The average Bonchev–Trinajstić information content (AvgIpc) is 3.04. The molecule has 0 fully saturated rings. The second kappa shape index (κ2) is 6.36. The lowest BCUT2D eigenvalue weighted by atomic mass is 10.2. The van der Waals surface area contributed by atoms with Crippen LogP contribution in [0.3, 0.4) is 0 Å². The molecular formula is C13H14BrNO3S. The van der Waals surface area contributed by atoms with Crippen molar-refractivity contribution in [2.24, 2.45) is 0 Å². The van der Waals surface area contributed by atoms with E-state index < -0.39 is 5.97 Å². The van der Waals surface area contributed by atoms with Gasteiger partial charge in [0.15, 0.2) is 0 Å². The lowest BCUT2D eigenvalue weighted by Crippen LogP contribution is -2.16. The summed E-state index contributed by atoms with van der Waals surface area (Å²) in [6, 6.07) is 5.51. The van der Waals surface area contributed by atoms with Gasteiger partial charge < -0.3 is 14.5 Å². The predicted molar refractivity (Wildman–Crippen MR) is 77.3 cm³/mol. The fraction of sp³-hybridized carbons (Fsp3) is 0.308. The zero-order chi connectivity index (χ0) is 13.8. The van der Waals surface area contributed by atoms with E-state index in [0.29, 0.717) is 0 Å². The Morgan fingerprint density at radius 1 is 1.58 bits per heavy atom. The zero-order valence-corrected chi connectivity index (χ0v) is 13.0. The van der Waals surface area contributed by atoms with Gasteiger partial charge in [0, 0.05) is 21.3 Å². The average molecular weight is 344 g/mol. The topological polar surface area (TPSA) is 51.5 Å². The minimum absolute atomic E-state index is 0.0271. The fourth-order valence-electron chi connectivity index (χ4n) is 1.60. The molecule has 4 nitrogen and oxygen atoms in total. The van der Waals surface area contributed by atoms with Crippen LogP contribution in [-0.2, 0) is 11.3 Å². The lowest BCUT2D eigenvalue weighted by molar-refractivity contribution is 0.0562.